The molecule has 0 aliphatic rings. The van der Waals surface area contributed by atoms with Gasteiger partial charge in [-0.1, -0.05) is 30.3 Å². The maximum absolute atomic E-state index is 12.5. The zero-order valence-electron chi connectivity index (χ0n) is 20.3. The molecule has 0 radical (unpaired) electrons. The molecular weight excluding hydrogens is 458 g/mol. The Balaban J connectivity index is 1.32. The Morgan fingerprint density at radius 2 is 1.75 bits per heavy atom. The number of hydrogen-bond donors (Lipinski definition) is 3. The molecule has 2 heterocycles. The van der Waals surface area contributed by atoms with Crippen molar-refractivity contribution in [2.45, 2.75) is 13.1 Å². The van der Waals surface area contributed by atoms with Gasteiger partial charge in [-0.15, -0.1) is 5.10 Å². The second-order valence-electron chi connectivity index (χ2n) is 8.64. The summed E-state index contributed by atoms with van der Waals surface area (Å²) in [4.78, 5) is 39.3. The highest BCUT2D eigenvalue weighted by molar-refractivity contribution is 5.94. The van der Waals surface area contributed by atoms with Crippen molar-refractivity contribution in [2.75, 3.05) is 32.5 Å². The predicted octanol–water partition coefficient (Wildman–Crippen LogP) is 2.16. The molecule has 0 unspecified atom stereocenters. The standard InChI is InChI=1S/C26H29N7O3/c1-31(2)14-12-27-24(34)21-9-5-7-19(15-21)17-28-25(35)29-22-10-6-8-20(16-22)18-33-26(36)32-13-4-3-11-23(32)30-33/h3-11,13,15-16H,12,14,17-18H2,1-2H3,(H,27,34)(H2,28,29,35). The van der Waals surface area contributed by atoms with Crippen molar-refractivity contribution in [1.82, 2.24) is 29.7 Å². The van der Waals surface area contributed by atoms with Crippen molar-refractivity contribution >= 4 is 23.3 Å². The van der Waals surface area contributed by atoms with E-state index in [4.69, 9.17) is 0 Å². The van der Waals surface area contributed by atoms with Crippen LogP contribution in [0.1, 0.15) is 21.5 Å². The summed E-state index contributed by atoms with van der Waals surface area (Å²) in [6.07, 6.45) is 1.68. The number of aromatic nitrogens is 3. The van der Waals surface area contributed by atoms with Gasteiger partial charge in [-0.05, 0) is 61.6 Å². The van der Waals surface area contributed by atoms with Gasteiger partial charge in [-0.2, -0.15) is 0 Å². The highest BCUT2D eigenvalue weighted by Gasteiger charge is 2.09. The van der Waals surface area contributed by atoms with E-state index in [9.17, 15) is 14.4 Å². The molecule has 0 aliphatic carbocycles. The lowest BCUT2D eigenvalue weighted by Crippen LogP contribution is -2.31. The third-order valence-electron chi connectivity index (χ3n) is 5.49. The maximum Gasteiger partial charge on any atom is 0.350 e. The number of rotatable bonds is 9. The molecule has 4 aromatic rings. The quantitative estimate of drug-likeness (QED) is 0.335. The molecule has 186 valence electrons. The summed E-state index contributed by atoms with van der Waals surface area (Å²) in [5, 5.41) is 12.8. The summed E-state index contributed by atoms with van der Waals surface area (Å²) in [5.41, 5.74) is 3.12. The van der Waals surface area contributed by atoms with Crippen molar-refractivity contribution < 1.29 is 9.59 Å². The average Bonchev–Trinajstić information content (AvgIpc) is 3.18. The number of carbonyl (C=O) groups excluding carboxylic acids is 2. The molecule has 4 rings (SSSR count). The minimum Gasteiger partial charge on any atom is -0.351 e. The number of anilines is 1. The van der Waals surface area contributed by atoms with Gasteiger partial charge in [0.05, 0.1) is 6.54 Å². The van der Waals surface area contributed by atoms with E-state index < -0.39 is 0 Å². The highest BCUT2D eigenvalue weighted by atomic mass is 16.2. The lowest BCUT2D eigenvalue weighted by atomic mass is 10.1. The van der Waals surface area contributed by atoms with Crippen LogP contribution in [0.15, 0.2) is 77.7 Å². The smallest absolute Gasteiger partial charge is 0.350 e. The fourth-order valence-corrected chi connectivity index (χ4v) is 3.67. The Bertz CT molecular complexity index is 1420. The van der Waals surface area contributed by atoms with E-state index in [2.05, 4.69) is 21.0 Å². The van der Waals surface area contributed by atoms with Crippen LogP contribution in [0.2, 0.25) is 0 Å². The molecule has 0 saturated heterocycles. The minimum atomic E-state index is -0.377. The van der Waals surface area contributed by atoms with E-state index in [1.165, 1.54) is 9.08 Å². The lowest BCUT2D eigenvalue weighted by molar-refractivity contribution is 0.0951. The number of nitrogens with zero attached hydrogens (tertiary/aromatic N) is 4. The number of hydrogen-bond acceptors (Lipinski definition) is 5. The monoisotopic (exact) mass is 487 g/mol. The lowest BCUT2D eigenvalue weighted by Gasteiger charge is -2.11. The van der Waals surface area contributed by atoms with Crippen molar-refractivity contribution in [2.24, 2.45) is 0 Å². The van der Waals surface area contributed by atoms with Gasteiger partial charge in [-0.3, -0.25) is 9.20 Å². The zero-order valence-corrected chi connectivity index (χ0v) is 20.3. The fraction of sp³-hybridized carbons (Fsp3) is 0.231. The average molecular weight is 488 g/mol. The second kappa shape index (κ2) is 11.3. The number of urea groups is 1. The van der Waals surface area contributed by atoms with Crippen LogP contribution in [0.25, 0.3) is 5.65 Å². The van der Waals surface area contributed by atoms with Crippen LogP contribution in [0.3, 0.4) is 0 Å². The molecule has 0 spiro atoms. The maximum atomic E-state index is 12.5. The Morgan fingerprint density at radius 3 is 2.56 bits per heavy atom. The zero-order chi connectivity index (χ0) is 25.5. The summed E-state index contributed by atoms with van der Waals surface area (Å²) >= 11 is 0. The summed E-state index contributed by atoms with van der Waals surface area (Å²) < 4.78 is 2.87. The van der Waals surface area contributed by atoms with Crippen molar-refractivity contribution in [3.63, 3.8) is 0 Å². The Morgan fingerprint density at radius 1 is 0.944 bits per heavy atom. The van der Waals surface area contributed by atoms with E-state index >= 15 is 0 Å². The second-order valence-corrected chi connectivity index (χ2v) is 8.64. The van der Waals surface area contributed by atoms with Crippen LogP contribution in [0, 0.1) is 0 Å². The third-order valence-corrected chi connectivity index (χ3v) is 5.49. The largest absolute Gasteiger partial charge is 0.351 e. The molecule has 0 atom stereocenters. The first kappa shape index (κ1) is 24.7. The summed E-state index contributed by atoms with van der Waals surface area (Å²) in [7, 11) is 3.89. The number of fused-ring (bicyclic) bond motifs is 1. The van der Waals surface area contributed by atoms with Crippen LogP contribution < -0.4 is 21.6 Å². The molecule has 2 aromatic carbocycles. The summed E-state index contributed by atoms with van der Waals surface area (Å²) in [6.45, 7) is 1.85. The van der Waals surface area contributed by atoms with Gasteiger partial charge in [0, 0.05) is 37.1 Å². The predicted molar refractivity (Wildman–Crippen MR) is 138 cm³/mol. The van der Waals surface area contributed by atoms with Crippen molar-refractivity contribution in [3.8, 4) is 0 Å². The van der Waals surface area contributed by atoms with E-state index in [1.807, 2.05) is 43.3 Å². The molecule has 2 aromatic heterocycles. The van der Waals surface area contributed by atoms with E-state index in [-0.39, 0.29) is 30.7 Å². The van der Waals surface area contributed by atoms with Crippen LogP contribution >= 0.6 is 0 Å². The van der Waals surface area contributed by atoms with Gasteiger partial charge in [0.25, 0.3) is 5.91 Å². The third kappa shape index (κ3) is 6.36. The first-order chi connectivity index (χ1) is 17.4. The van der Waals surface area contributed by atoms with Crippen LogP contribution in [-0.2, 0) is 13.1 Å². The van der Waals surface area contributed by atoms with Crippen molar-refractivity contribution in [1.29, 1.82) is 0 Å². The molecule has 0 fully saturated rings. The molecule has 0 aliphatic heterocycles. The molecule has 3 amide bonds. The van der Waals surface area contributed by atoms with Crippen LogP contribution in [0.4, 0.5) is 10.5 Å². The number of pyridine rings is 1. The number of amides is 3. The van der Waals surface area contributed by atoms with E-state index in [1.54, 1.807) is 48.7 Å². The number of carbonyl (C=O) groups is 2. The molecule has 10 heteroatoms. The van der Waals surface area contributed by atoms with Gasteiger partial charge >= 0.3 is 11.7 Å². The van der Waals surface area contributed by atoms with Gasteiger partial charge in [0.2, 0.25) is 0 Å². The van der Waals surface area contributed by atoms with E-state index in [0.717, 1.165) is 17.7 Å². The molecular formula is C26H29N7O3. The Labute approximate surface area is 208 Å². The van der Waals surface area contributed by atoms with Crippen molar-refractivity contribution in [3.05, 3.63) is 100 Å². The first-order valence-electron chi connectivity index (χ1n) is 11.6. The Hall–Kier alpha value is -4.44. The number of likely N-dealkylation sites (N-methyl/N-ethyl adjacent to an activating group) is 1. The minimum absolute atomic E-state index is 0.148. The normalized spacial score (nSPS) is 11.0. The fourth-order valence-electron chi connectivity index (χ4n) is 3.67. The molecule has 10 nitrogen and oxygen atoms in total. The van der Waals surface area contributed by atoms with Gasteiger partial charge in [0.1, 0.15) is 0 Å². The van der Waals surface area contributed by atoms with Gasteiger partial charge in [0.15, 0.2) is 5.65 Å². The van der Waals surface area contributed by atoms with Crippen LogP contribution in [-0.4, -0.2) is 58.2 Å². The number of nitrogens with one attached hydrogen (secondary N) is 3. The van der Waals surface area contributed by atoms with Gasteiger partial charge < -0.3 is 20.9 Å². The first-order valence-corrected chi connectivity index (χ1v) is 11.6. The molecule has 3 N–H and O–H groups in total. The topological polar surface area (TPSA) is 113 Å². The van der Waals surface area contributed by atoms with E-state index in [0.29, 0.717) is 23.4 Å². The summed E-state index contributed by atoms with van der Waals surface area (Å²) in [5.74, 6) is -0.148. The number of benzene rings is 2. The van der Waals surface area contributed by atoms with Crippen LogP contribution in [0.5, 0.6) is 0 Å². The summed E-state index contributed by atoms with van der Waals surface area (Å²) in [6, 6.07) is 19.4. The molecule has 0 bridgehead atoms. The molecule has 36 heavy (non-hydrogen) atoms. The molecule has 0 saturated carbocycles. The SMILES string of the molecule is CN(C)CCNC(=O)c1cccc(CNC(=O)Nc2cccc(Cn3nc4ccccn4c3=O)c2)c1. The highest BCUT2D eigenvalue weighted by Crippen LogP contribution is 2.12. The Kier molecular flexibility index (Phi) is 7.76. The van der Waals surface area contributed by atoms with Gasteiger partial charge in [-0.25, -0.2) is 14.3 Å².